The smallest absolute Gasteiger partial charge is 0.241 e. The molecule has 0 bridgehead atoms. The van der Waals surface area contributed by atoms with E-state index in [-0.39, 0.29) is 6.54 Å². The van der Waals surface area contributed by atoms with Crippen LogP contribution in [0.4, 0.5) is 8.78 Å². The van der Waals surface area contributed by atoms with Crippen molar-refractivity contribution in [2.24, 2.45) is 0 Å². The van der Waals surface area contributed by atoms with Gasteiger partial charge in [-0.15, -0.1) is 0 Å². The molecule has 4 nitrogen and oxygen atoms in total. The van der Waals surface area contributed by atoms with Gasteiger partial charge in [0.05, 0.1) is 4.90 Å². The largest absolute Gasteiger partial charge is 0.466 e. The summed E-state index contributed by atoms with van der Waals surface area (Å²) in [5, 5.41) is 0. The Morgan fingerprint density at radius 1 is 1.10 bits per heavy atom. The predicted octanol–water partition coefficient (Wildman–Crippen LogP) is 2.65. The van der Waals surface area contributed by atoms with E-state index in [2.05, 4.69) is 4.72 Å². The molecule has 108 valence electrons. The van der Waals surface area contributed by atoms with Gasteiger partial charge in [-0.1, -0.05) is 0 Å². The Kier molecular flexibility index (Phi) is 3.92. The van der Waals surface area contributed by atoms with Crippen molar-refractivity contribution in [2.45, 2.75) is 25.3 Å². The van der Waals surface area contributed by atoms with Crippen LogP contribution in [0.5, 0.6) is 0 Å². The van der Waals surface area contributed by atoms with Gasteiger partial charge in [0.1, 0.15) is 23.2 Å². The lowest BCUT2D eigenvalue weighted by Crippen LogP contribution is -2.23. The Bertz CT molecular complexity index is 718. The number of hydrogen-bond acceptors (Lipinski definition) is 3. The van der Waals surface area contributed by atoms with Crippen LogP contribution in [0.25, 0.3) is 0 Å². The number of aryl methyl sites for hydroxylation is 2. The Morgan fingerprint density at radius 3 is 2.20 bits per heavy atom. The third kappa shape index (κ3) is 3.23. The first kappa shape index (κ1) is 14.7. The molecule has 0 amide bonds. The van der Waals surface area contributed by atoms with Crippen molar-refractivity contribution >= 4 is 10.0 Å². The highest BCUT2D eigenvalue weighted by Gasteiger charge is 2.17. The molecule has 1 aromatic heterocycles. The van der Waals surface area contributed by atoms with Crippen LogP contribution in [0.2, 0.25) is 0 Å². The summed E-state index contributed by atoms with van der Waals surface area (Å²) in [6.45, 7) is 3.44. The molecule has 0 unspecified atom stereocenters. The minimum absolute atomic E-state index is 0.0103. The van der Waals surface area contributed by atoms with E-state index in [0.717, 1.165) is 12.1 Å². The van der Waals surface area contributed by atoms with Crippen molar-refractivity contribution in [2.75, 3.05) is 0 Å². The molecule has 0 aliphatic rings. The van der Waals surface area contributed by atoms with Crippen molar-refractivity contribution in [3.63, 3.8) is 0 Å². The second kappa shape index (κ2) is 5.34. The van der Waals surface area contributed by atoms with Gasteiger partial charge in [-0.2, -0.15) is 0 Å². The highest BCUT2D eigenvalue weighted by molar-refractivity contribution is 7.89. The molecule has 0 radical (unpaired) electrons. The average molecular weight is 301 g/mol. The third-order valence-corrected chi connectivity index (χ3v) is 4.12. The van der Waals surface area contributed by atoms with E-state index in [1.54, 1.807) is 19.9 Å². The second-order valence-corrected chi connectivity index (χ2v) is 6.14. The Labute approximate surface area is 115 Å². The zero-order valence-corrected chi connectivity index (χ0v) is 11.7. The number of rotatable bonds is 4. The van der Waals surface area contributed by atoms with Gasteiger partial charge in [-0.3, -0.25) is 0 Å². The lowest BCUT2D eigenvalue weighted by molar-refractivity contribution is 0.500. The number of furan rings is 1. The van der Waals surface area contributed by atoms with Gasteiger partial charge in [0.25, 0.3) is 0 Å². The molecule has 0 fully saturated rings. The first-order valence-electron chi connectivity index (χ1n) is 5.79. The van der Waals surface area contributed by atoms with Crippen LogP contribution in [0.1, 0.15) is 17.1 Å². The van der Waals surface area contributed by atoms with Gasteiger partial charge < -0.3 is 4.42 Å². The molecule has 0 atom stereocenters. The van der Waals surface area contributed by atoms with Gasteiger partial charge in [0.15, 0.2) is 0 Å². The van der Waals surface area contributed by atoms with E-state index in [1.165, 1.54) is 0 Å². The van der Waals surface area contributed by atoms with E-state index >= 15 is 0 Å². The standard InChI is InChI=1S/C13H13F2NO3S/c1-8-3-10(9(2)19-8)7-16-20(17,18)13-5-11(14)4-12(15)6-13/h3-6,16H,7H2,1-2H3. The molecule has 0 aliphatic carbocycles. The molecular weight excluding hydrogens is 288 g/mol. The summed E-state index contributed by atoms with van der Waals surface area (Å²) >= 11 is 0. The highest BCUT2D eigenvalue weighted by atomic mass is 32.2. The first-order valence-corrected chi connectivity index (χ1v) is 7.28. The van der Waals surface area contributed by atoms with Gasteiger partial charge in [-0.25, -0.2) is 21.9 Å². The third-order valence-electron chi connectivity index (χ3n) is 2.74. The van der Waals surface area contributed by atoms with Crippen molar-refractivity contribution in [1.82, 2.24) is 4.72 Å². The number of hydrogen-bond donors (Lipinski definition) is 1. The summed E-state index contributed by atoms with van der Waals surface area (Å²) in [5.41, 5.74) is 0.669. The van der Waals surface area contributed by atoms with Crippen molar-refractivity contribution in [3.8, 4) is 0 Å². The van der Waals surface area contributed by atoms with Crippen LogP contribution < -0.4 is 4.72 Å². The van der Waals surface area contributed by atoms with Crippen LogP contribution in [-0.4, -0.2) is 8.42 Å². The predicted molar refractivity (Wildman–Crippen MR) is 68.6 cm³/mol. The molecule has 0 saturated carbocycles. The Morgan fingerprint density at radius 2 is 1.70 bits per heavy atom. The summed E-state index contributed by atoms with van der Waals surface area (Å²) in [6, 6.07) is 3.84. The normalized spacial score (nSPS) is 11.8. The van der Waals surface area contributed by atoms with E-state index in [0.29, 0.717) is 23.2 Å². The second-order valence-electron chi connectivity index (χ2n) is 4.37. The minimum Gasteiger partial charge on any atom is -0.466 e. The van der Waals surface area contributed by atoms with Crippen LogP contribution in [0.3, 0.4) is 0 Å². The van der Waals surface area contributed by atoms with Crippen LogP contribution in [0, 0.1) is 25.5 Å². The maximum absolute atomic E-state index is 13.0. The van der Waals surface area contributed by atoms with Crippen LogP contribution in [0.15, 0.2) is 33.6 Å². The molecular formula is C13H13F2NO3S. The van der Waals surface area contributed by atoms with Gasteiger partial charge in [0, 0.05) is 18.2 Å². The molecule has 0 aliphatic heterocycles. The summed E-state index contributed by atoms with van der Waals surface area (Å²) < 4.78 is 57.5. The molecule has 1 aromatic carbocycles. The zero-order chi connectivity index (χ0) is 14.9. The minimum atomic E-state index is -3.98. The Balaban J connectivity index is 2.21. The summed E-state index contributed by atoms with van der Waals surface area (Å²) in [6.07, 6.45) is 0. The van der Waals surface area contributed by atoms with E-state index in [1.807, 2.05) is 0 Å². The van der Waals surface area contributed by atoms with Crippen molar-refractivity contribution < 1.29 is 21.6 Å². The fourth-order valence-corrected chi connectivity index (χ4v) is 2.85. The summed E-state index contributed by atoms with van der Waals surface area (Å²) in [5.74, 6) is -0.634. The average Bonchev–Trinajstić information content (AvgIpc) is 2.64. The van der Waals surface area contributed by atoms with E-state index < -0.39 is 26.6 Å². The zero-order valence-electron chi connectivity index (χ0n) is 10.9. The van der Waals surface area contributed by atoms with Crippen molar-refractivity contribution in [1.29, 1.82) is 0 Å². The number of nitrogens with one attached hydrogen (secondary N) is 1. The fourth-order valence-electron chi connectivity index (χ4n) is 1.80. The molecule has 2 rings (SSSR count). The van der Waals surface area contributed by atoms with Crippen LogP contribution in [-0.2, 0) is 16.6 Å². The molecule has 0 spiro atoms. The highest BCUT2D eigenvalue weighted by Crippen LogP contribution is 2.16. The lowest BCUT2D eigenvalue weighted by Gasteiger charge is -2.06. The maximum Gasteiger partial charge on any atom is 0.241 e. The SMILES string of the molecule is Cc1cc(CNS(=O)(=O)c2cc(F)cc(F)c2)c(C)o1. The first-order chi connectivity index (χ1) is 9.28. The fraction of sp³-hybridized carbons (Fsp3) is 0.231. The quantitative estimate of drug-likeness (QED) is 0.944. The maximum atomic E-state index is 13.0. The number of halogens is 2. The monoisotopic (exact) mass is 301 g/mol. The van der Waals surface area contributed by atoms with Gasteiger partial charge in [-0.05, 0) is 32.0 Å². The van der Waals surface area contributed by atoms with E-state index in [9.17, 15) is 17.2 Å². The molecule has 1 heterocycles. The lowest BCUT2D eigenvalue weighted by atomic mass is 10.2. The number of benzene rings is 1. The molecule has 2 aromatic rings. The topological polar surface area (TPSA) is 59.3 Å². The molecule has 20 heavy (non-hydrogen) atoms. The van der Waals surface area contributed by atoms with Gasteiger partial charge >= 0.3 is 0 Å². The van der Waals surface area contributed by atoms with Crippen LogP contribution >= 0.6 is 0 Å². The molecule has 1 N–H and O–H groups in total. The Hall–Kier alpha value is -1.73. The summed E-state index contributed by atoms with van der Waals surface area (Å²) in [4.78, 5) is -0.451. The molecule has 0 saturated heterocycles. The van der Waals surface area contributed by atoms with E-state index in [4.69, 9.17) is 4.42 Å². The molecule has 7 heteroatoms. The summed E-state index contributed by atoms with van der Waals surface area (Å²) in [7, 11) is -3.98. The van der Waals surface area contributed by atoms with Gasteiger partial charge in [0.2, 0.25) is 10.0 Å². The van der Waals surface area contributed by atoms with Crippen molar-refractivity contribution in [3.05, 3.63) is 53.0 Å². The number of sulfonamides is 1.